The Bertz CT molecular complexity index is 253. The topological polar surface area (TPSA) is 62.1 Å². The van der Waals surface area contributed by atoms with Gasteiger partial charge in [0.05, 0.1) is 5.92 Å². The molecule has 0 bridgehead atoms. The molecule has 0 fully saturated rings. The number of hydrazine groups is 1. The highest BCUT2D eigenvalue weighted by Crippen LogP contribution is 2.14. The van der Waals surface area contributed by atoms with Gasteiger partial charge in [-0.1, -0.05) is 0 Å². The van der Waals surface area contributed by atoms with Crippen LogP contribution in [0.4, 0.5) is 0 Å². The van der Waals surface area contributed by atoms with E-state index in [1.165, 1.54) is 0 Å². The molecule has 4 heteroatoms. The van der Waals surface area contributed by atoms with Crippen LogP contribution in [0.1, 0.15) is 18.4 Å². The third kappa shape index (κ3) is 1.65. The number of amides is 1. The quantitative estimate of drug-likeness (QED) is 0.381. The number of carbonyl (C=O) groups is 1. The lowest BCUT2D eigenvalue weighted by atomic mass is 10.0. The van der Waals surface area contributed by atoms with Crippen molar-refractivity contribution < 1.29 is 4.79 Å². The maximum absolute atomic E-state index is 11.3. The monoisotopic (exact) mass is 167 g/mol. The Balaban J connectivity index is 2.72. The van der Waals surface area contributed by atoms with Crippen LogP contribution >= 0.6 is 0 Å². The zero-order chi connectivity index (χ0) is 9.14. The molecule has 1 aromatic rings. The van der Waals surface area contributed by atoms with Gasteiger partial charge in [0.1, 0.15) is 0 Å². The highest BCUT2D eigenvalue weighted by molar-refractivity contribution is 5.82. The maximum Gasteiger partial charge on any atom is 0.243 e. The minimum atomic E-state index is -0.175. The number of likely N-dealkylation sites (N-methyl/N-ethyl adjacent to an activating group) is 1. The lowest BCUT2D eigenvalue weighted by molar-refractivity contribution is -0.131. The van der Waals surface area contributed by atoms with E-state index in [9.17, 15) is 4.79 Å². The summed E-state index contributed by atoms with van der Waals surface area (Å²) in [5.74, 6) is 5.05. The van der Waals surface area contributed by atoms with Crippen molar-refractivity contribution in [1.29, 1.82) is 0 Å². The lowest BCUT2D eigenvalue weighted by Gasteiger charge is -2.14. The molecule has 0 radical (unpaired) electrons. The molecule has 0 aliphatic rings. The molecule has 0 spiro atoms. The van der Waals surface area contributed by atoms with E-state index >= 15 is 0 Å². The summed E-state index contributed by atoms with van der Waals surface area (Å²) in [5.41, 5.74) is 0.956. The van der Waals surface area contributed by atoms with E-state index in [1.807, 2.05) is 13.0 Å². The first-order valence-corrected chi connectivity index (χ1v) is 3.78. The second-order valence-electron chi connectivity index (χ2n) is 2.82. The molecule has 1 amide bonds. The number of nitrogens with two attached hydrogens (primary N) is 1. The van der Waals surface area contributed by atoms with Crippen LogP contribution < -0.4 is 5.84 Å². The van der Waals surface area contributed by atoms with Crippen LogP contribution in [0.15, 0.2) is 18.5 Å². The molecule has 1 unspecified atom stereocenters. The van der Waals surface area contributed by atoms with E-state index in [2.05, 4.69) is 4.98 Å². The number of aromatic nitrogens is 1. The van der Waals surface area contributed by atoms with E-state index in [-0.39, 0.29) is 11.8 Å². The SMILES string of the molecule is CC(C(=O)N(C)N)c1cc[nH]c1. The minimum Gasteiger partial charge on any atom is -0.367 e. The van der Waals surface area contributed by atoms with Crippen molar-refractivity contribution in [3.05, 3.63) is 24.0 Å². The van der Waals surface area contributed by atoms with Crippen LogP contribution in [0.2, 0.25) is 0 Å². The number of aromatic amines is 1. The maximum atomic E-state index is 11.3. The standard InChI is InChI=1S/C8H13N3O/c1-6(8(12)11(2)9)7-3-4-10-5-7/h3-6,10H,9H2,1-2H3. The number of H-pyrrole nitrogens is 1. The summed E-state index contributed by atoms with van der Waals surface area (Å²) < 4.78 is 0. The molecule has 0 saturated heterocycles. The molecule has 4 nitrogen and oxygen atoms in total. The van der Waals surface area contributed by atoms with E-state index in [0.29, 0.717) is 0 Å². The molecule has 0 aliphatic carbocycles. The number of nitrogens with one attached hydrogen (secondary N) is 1. The normalized spacial score (nSPS) is 12.6. The van der Waals surface area contributed by atoms with Crippen LogP contribution in [0.5, 0.6) is 0 Å². The fourth-order valence-corrected chi connectivity index (χ4v) is 1.05. The zero-order valence-electron chi connectivity index (χ0n) is 7.24. The van der Waals surface area contributed by atoms with Gasteiger partial charge in [0.25, 0.3) is 0 Å². The molecule has 12 heavy (non-hydrogen) atoms. The Morgan fingerprint density at radius 3 is 2.83 bits per heavy atom. The van der Waals surface area contributed by atoms with Crippen LogP contribution in [-0.4, -0.2) is 22.9 Å². The summed E-state index contributed by atoms with van der Waals surface area (Å²) >= 11 is 0. The first-order chi connectivity index (χ1) is 5.63. The summed E-state index contributed by atoms with van der Waals surface area (Å²) in [6, 6.07) is 1.87. The van der Waals surface area contributed by atoms with Crippen molar-refractivity contribution in [1.82, 2.24) is 9.99 Å². The predicted molar refractivity (Wildman–Crippen MR) is 46.2 cm³/mol. The summed E-state index contributed by atoms with van der Waals surface area (Å²) in [6.07, 6.45) is 3.59. The second-order valence-corrected chi connectivity index (χ2v) is 2.82. The largest absolute Gasteiger partial charge is 0.367 e. The highest BCUT2D eigenvalue weighted by Gasteiger charge is 2.17. The van der Waals surface area contributed by atoms with Crippen LogP contribution in [0.3, 0.4) is 0 Å². The Morgan fingerprint density at radius 1 is 1.75 bits per heavy atom. The van der Waals surface area contributed by atoms with Crippen molar-refractivity contribution >= 4 is 5.91 Å². The van der Waals surface area contributed by atoms with Gasteiger partial charge in [0.15, 0.2) is 0 Å². The molecule has 0 saturated carbocycles. The average molecular weight is 167 g/mol. The Hall–Kier alpha value is -1.29. The number of hydrogen-bond donors (Lipinski definition) is 2. The van der Waals surface area contributed by atoms with Gasteiger partial charge in [-0.15, -0.1) is 0 Å². The molecule has 1 rings (SSSR count). The van der Waals surface area contributed by atoms with Gasteiger partial charge in [0.2, 0.25) is 5.91 Å². The third-order valence-corrected chi connectivity index (χ3v) is 1.84. The van der Waals surface area contributed by atoms with Crippen molar-refractivity contribution in [2.45, 2.75) is 12.8 Å². The van der Waals surface area contributed by atoms with Crippen molar-refractivity contribution in [3.8, 4) is 0 Å². The fraction of sp³-hybridized carbons (Fsp3) is 0.375. The van der Waals surface area contributed by atoms with Gasteiger partial charge in [0, 0.05) is 19.4 Å². The molecule has 3 N–H and O–H groups in total. The summed E-state index contributed by atoms with van der Waals surface area (Å²) in [6.45, 7) is 1.83. The predicted octanol–water partition coefficient (Wildman–Crippen LogP) is 0.450. The van der Waals surface area contributed by atoms with E-state index in [1.54, 1.807) is 19.4 Å². The number of nitrogens with zero attached hydrogens (tertiary/aromatic N) is 1. The number of carbonyl (C=O) groups excluding carboxylic acids is 1. The first-order valence-electron chi connectivity index (χ1n) is 3.78. The first kappa shape index (κ1) is 8.80. The smallest absolute Gasteiger partial charge is 0.243 e. The van der Waals surface area contributed by atoms with E-state index in [4.69, 9.17) is 5.84 Å². The zero-order valence-corrected chi connectivity index (χ0v) is 7.24. The minimum absolute atomic E-state index is 0.0883. The summed E-state index contributed by atoms with van der Waals surface area (Å²) in [7, 11) is 1.55. The summed E-state index contributed by atoms with van der Waals surface area (Å²) in [5, 5.41) is 1.11. The van der Waals surface area contributed by atoms with Crippen LogP contribution in [0, 0.1) is 0 Å². The van der Waals surface area contributed by atoms with Crippen molar-refractivity contribution in [2.75, 3.05) is 7.05 Å². The molecule has 1 aromatic heterocycles. The van der Waals surface area contributed by atoms with Gasteiger partial charge in [-0.3, -0.25) is 9.80 Å². The van der Waals surface area contributed by atoms with Crippen molar-refractivity contribution in [2.24, 2.45) is 5.84 Å². The Labute approximate surface area is 71.3 Å². The van der Waals surface area contributed by atoms with Crippen LogP contribution in [0.25, 0.3) is 0 Å². The summed E-state index contributed by atoms with van der Waals surface area (Å²) in [4.78, 5) is 14.2. The highest BCUT2D eigenvalue weighted by atomic mass is 16.2. The Morgan fingerprint density at radius 2 is 2.42 bits per heavy atom. The lowest BCUT2D eigenvalue weighted by Crippen LogP contribution is -2.36. The van der Waals surface area contributed by atoms with Gasteiger partial charge in [-0.25, -0.2) is 5.84 Å². The molecule has 0 aromatic carbocycles. The molecular formula is C8H13N3O. The molecule has 1 atom stereocenters. The number of rotatable bonds is 2. The molecule has 66 valence electrons. The van der Waals surface area contributed by atoms with Crippen LogP contribution in [-0.2, 0) is 4.79 Å². The molecular weight excluding hydrogens is 154 g/mol. The van der Waals surface area contributed by atoms with Gasteiger partial charge in [-0.05, 0) is 18.6 Å². The van der Waals surface area contributed by atoms with Gasteiger partial charge < -0.3 is 4.98 Å². The average Bonchev–Trinajstić information content (AvgIpc) is 2.53. The molecule has 1 heterocycles. The third-order valence-electron chi connectivity index (χ3n) is 1.84. The van der Waals surface area contributed by atoms with Gasteiger partial charge in [-0.2, -0.15) is 0 Å². The van der Waals surface area contributed by atoms with Crippen molar-refractivity contribution in [3.63, 3.8) is 0 Å². The Kier molecular flexibility index (Phi) is 2.50. The molecule has 0 aliphatic heterocycles. The van der Waals surface area contributed by atoms with E-state index < -0.39 is 0 Å². The number of hydrogen-bond acceptors (Lipinski definition) is 2. The second kappa shape index (κ2) is 3.40. The fourth-order valence-electron chi connectivity index (χ4n) is 1.05. The van der Waals surface area contributed by atoms with Gasteiger partial charge >= 0.3 is 0 Å². The van der Waals surface area contributed by atoms with E-state index in [0.717, 1.165) is 10.6 Å².